The number of benzene rings is 1. The fraction of sp³-hybridized carbons (Fsp3) is 0.471. The molecule has 0 amide bonds. The largest absolute Gasteiger partial charge is 0.347 e. The minimum Gasteiger partial charge on any atom is -0.347 e. The van der Waals surface area contributed by atoms with Crippen LogP contribution in [0.25, 0.3) is 11.0 Å². The molecule has 3 heterocycles. The van der Waals surface area contributed by atoms with Crippen molar-refractivity contribution in [3.05, 3.63) is 39.8 Å². The number of hydrogen-bond donors (Lipinski definition) is 1. The van der Waals surface area contributed by atoms with Gasteiger partial charge in [0.05, 0.1) is 11.0 Å². The molecule has 1 aliphatic rings. The number of aromatic nitrogens is 4. The van der Waals surface area contributed by atoms with Gasteiger partial charge in [-0.05, 0) is 25.0 Å². The Morgan fingerprint density at radius 2 is 1.96 bits per heavy atom. The first-order valence-electron chi connectivity index (χ1n) is 8.41. The Kier molecular flexibility index (Phi) is 3.88. The maximum absolute atomic E-state index is 12.3. The zero-order valence-electron chi connectivity index (χ0n) is 13.9. The third kappa shape index (κ3) is 2.62. The van der Waals surface area contributed by atoms with Crippen LogP contribution in [0.5, 0.6) is 0 Å². The summed E-state index contributed by atoms with van der Waals surface area (Å²) in [6, 6.07) is 8.14. The van der Waals surface area contributed by atoms with Gasteiger partial charge in [-0.3, -0.25) is 4.57 Å². The molecule has 0 aliphatic carbocycles. The second-order valence-electron chi connectivity index (χ2n) is 6.61. The Bertz CT molecular complexity index is 901. The Hall–Kier alpha value is -2.15. The van der Waals surface area contributed by atoms with Gasteiger partial charge < -0.3 is 9.88 Å². The SMILES string of the molecule is CC(C)c1nnc(N2CCC(n3c(=O)[nH]c4ccccc43)CC2)s1. The zero-order chi connectivity index (χ0) is 16.7. The van der Waals surface area contributed by atoms with Crippen LogP contribution < -0.4 is 10.6 Å². The number of anilines is 1. The molecule has 3 aromatic rings. The predicted molar refractivity (Wildman–Crippen MR) is 97.0 cm³/mol. The quantitative estimate of drug-likeness (QED) is 0.793. The lowest BCUT2D eigenvalue weighted by atomic mass is 10.1. The lowest BCUT2D eigenvalue weighted by Crippen LogP contribution is -2.37. The number of fused-ring (bicyclic) bond motifs is 1. The van der Waals surface area contributed by atoms with Crippen molar-refractivity contribution in [3.63, 3.8) is 0 Å². The van der Waals surface area contributed by atoms with Gasteiger partial charge in [0.1, 0.15) is 5.01 Å². The van der Waals surface area contributed by atoms with Crippen molar-refractivity contribution in [1.29, 1.82) is 0 Å². The molecule has 7 heteroatoms. The Morgan fingerprint density at radius 1 is 1.21 bits per heavy atom. The molecule has 1 fully saturated rings. The first kappa shape index (κ1) is 15.4. The Balaban J connectivity index is 1.53. The highest BCUT2D eigenvalue weighted by Crippen LogP contribution is 2.31. The number of aromatic amines is 1. The van der Waals surface area contributed by atoms with E-state index in [1.54, 1.807) is 11.3 Å². The number of nitrogens with zero attached hydrogens (tertiary/aromatic N) is 4. The average Bonchev–Trinajstić information content (AvgIpc) is 3.19. The van der Waals surface area contributed by atoms with E-state index in [4.69, 9.17) is 0 Å². The Labute approximate surface area is 144 Å². The Morgan fingerprint density at radius 3 is 2.67 bits per heavy atom. The first-order chi connectivity index (χ1) is 11.6. The molecule has 0 atom stereocenters. The van der Waals surface area contributed by atoms with E-state index >= 15 is 0 Å². The monoisotopic (exact) mass is 343 g/mol. The summed E-state index contributed by atoms with van der Waals surface area (Å²) < 4.78 is 1.92. The molecule has 126 valence electrons. The van der Waals surface area contributed by atoms with Gasteiger partial charge in [-0.25, -0.2) is 4.79 Å². The molecule has 0 spiro atoms. The molecule has 2 aromatic heterocycles. The lowest BCUT2D eigenvalue weighted by Gasteiger charge is -2.32. The van der Waals surface area contributed by atoms with Crippen LogP contribution in [-0.4, -0.2) is 32.8 Å². The van der Waals surface area contributed by atoms with Crippen LogP contribution in [0.15, 0.2) is 29.1 Å². The van der Waals surface area contributed by atoms with Crippen LogP contribution in [-0.2, 0) is 0 Å². The number of rotatable bonds is 3. The minimum atomic E-state index is -0.00680. The molecule has 1 aliphatic heterocycles. The normalized spacial score (nSPS) is 16.4. The fourth-order valence-corrected chi connectivity index (χ4v) is 4.24. The van der Waals surface area contributed by atoms with Crippen LogP contribution in [0.2, 0.25) is 0 Å². The molecule has 6 nitrogen and oxygen atoms in total. The van der Waals surface area contributed by atoms with Crippen molar-refractivity contribution in [2.24, 2.45) is 0 Å². The second kappa shape index (κ2) is 6.05. The molecular formula is C17H21N5OS. The van der Waals surface area contributed by atoms with E-state index in [0.29, 0.717) is 5.92 Å². The number of piperidine rings is 1. The predicted octanol–water partition coefficient (Wildman–Crippen LogP) is 3.15. The molecule has 1 saturated heterocycles. The minimum absolute atomic E-state index is 0.00680. The van der Waals surface area contributed by atoms with Gasteiger partial charge in [0.15, 0.2) is 0 Å². The number of imidazole rings is 1. The molecule has 0 saturated carbocycles. The van der Waals surface area contributed by atoms with E-state index in [2.05, 4.69) is 33.9 Å². The topological polar surface area (TPSA) is 66.8 Å². The van der Waals surface area contributed by atoms with Crippen molar-refractivity contribution < 1.29 is 0 Å². The lowest BCUT2D eigenvalue weighted by molar-refractivity contribution is 0.396. The smallest absolute Gasteiger partial charge is 0.326 e. The number of hydrogen-bond acceptors (Lipinski definition) is 5. The van der Waals surface area contributed by atoms with E-state index in [-0.39, 0.29) is 11.7 Å². The first-order valence-corrected chi connectivity index (χ1v) is 9.22. The number of nitrogens with one attached hydrogen (secondary N) is 1. The fourth-order valence-electron chi connectivity index (χ4n) is 3.34. The highest BCUT2D eigenvalue weighted by Gasteiger charge is 2.25. The van der Waals surface area contributed by atoms with Crippen LogP contribution >= 0.6 is 11.3 Å². The molecular weight excluding hydrogens is 322 g/mol. The van der Waals surface area contributed by atoms with Gasteiger partial charge >= 0.3 is 5.69 Å². The summed E-state index contributed by atoms with van der Waals surface area (Å²) in [6.07, 6.45) is 1.89. The summed E-state index contributed by atoms with van der Waals surface area (Å²) in [5.41, 5.74) is 1.90. The van der Waals surface area contributed by atoms with Gasteiger partial charge in [0.2, 0.25) is 5.13 Å². The third-order valence-corrected chi connectivity index (χ3v) is 5.93. The number of H-pyrrole nitrogens is 1. The van der Waals surface area contributed by atoms with E-state index in [1.807, 2.05) is 28.8 Å². The highest BCUT2D eigenvalue weighted by atomic mass is 32.1. The van der Waals surface area contributed by atoms with E-state index in [1.165, 1.54) is 0 Å². The van der Waals surface area contributed by atoms with Crippen molar-refractivity contribution in [2.45, 2.75) is 38.6 Å². The summed E-state index contributed by atoms with van der Waals surface area (Å²) in [6.45, 7) is 6.09. The molecule has 0 radical (unpaired) electrons. The van der Waals surface area contributed by atoms with Crippen molar-refractivity contribution in [1.82, 2.24) is 19.7 Å². The molecule has 0 unspecified atom stereocenters. The van der Waals surface area contributed by atoms with Crippen molar-refractivity contribution in [2.75, 3.05) is 18.0 Å². The van der Waals surface area contributed by atoms with Crippen molar-refractivity contribution in [3.8, 4) is 0 Å². The number of para-hydroxylation sites is 2. The maximum Gasteiger partial charge on any atom is 0.326 e. The molecule has 24 heavy (non-hydrogen) atoms. The summed E-state index contributed by atoms with van der Waals surface area (Å²) in [5.74, 6) is 0.415. The summed E-state index contributed by atoms with van der Waals surface area (Å²) in [4.78, 5) is 17.6. The highest BCUT2D eigenvalue weighted by molar-refractivity contribution is 7.15. The van der Waals surface area contributed by atoms with E-state index < -0.39 is 0 Å². The van der Waals surface area contributed by atoms with Crippen LogP contribution in [0.1, 0.15) is 43.7 Å². The third-order valence-electron chi connectivity index (χ3n) is 4.65. The zero-order valence-corrected chi connectivity index (χ0v) is 14.7. The molecule has 1 N–H and O–H groups in total. The molecule has 0 bridgehead atoms. The summed E-state index contributed by atoms with van der Waals surface area (Å²) >= 11 is 1.68. The standard InChI is InChI=1S/C17H21N5OS/c1-11(2)15-19-20-17(24-15)21-9-7-12(8-10-21)22-14-6-4-3-5-13(14)18-16(22)23/h3-6,11-12H,7-10H2,1-2H3,(H,18,23). The van der Waals surface area contributed by atoms with Crippen LogP contribution in [0.3, 0.4) is 0 Å². The van der Waals surface area contributed by atoms with Gasteiger partial charge in [0, 0.05) is 25.0 Å². The van der Waals surface area contributed by atoms with Crippen LogP contribution in [0, 0.1) is 0 Å². The summed E-state index contributed by atoms with van der Waals surface area (Å²) in [7, 11) is 0. The van der Waals surface area contributed by atoms with Gasteiger partial charge in [-0.15, -0.1) is 10.2 Å². The van der Waals surface area contributed by atoms with E-state index in [9.17, 15) is 4.79 Å². The molecule has 1 aromatic carbocycles. The summed E-state index contributed by atoms with van der Waals surface area (Å²) in [5, 5.41) is 10.7. The molecule has 4 rings (SSSR count). The van der Waals surface area contributed by atoms with Crippen LogP contribution in [0.4, 0.5) is 5.13 Å². The maximum atomic E-state index is 12.3. The second-order valence-corrected chi connectivity index (χ2v) is 7.60. The van der Waals surface area contributed by atoms with Crippen molar-refractivity contribution >= 4 is 27.5 Å². The van der Waals surface area contributed by atoms with Gasteiger partial charge in [-0.2, -0.15) is 0 Å². The van der Waals surface area contributed by atoms with Gasteiger partial charge in [-0.1, -0.05) is 37.3 Å². The van der Waals surface area contributed by atoms with E-state index in [0.717, 1.165) is 47.1 Å². The van der Waals surface area contributed by atoms with Gasteiger partial charge in [0.25, 0.3) is 0 Å². The average molecular weight is 343 g/mol.